The first-order valence-electron chi connectivity index (χ1n) is 5.36. The SMILES string of the molecule is O=C1CN(c2nc(-c3ccccc3)cs2)C(=O)N1. The van der Waals surface area contributed by atoms with Gasteiger partial charge < -0.3 is 0 Å². The third-order valence-corrected chi connectivity index (χ3v) is 3.45. The number of carbonyl (C=O) groups excluding carboxylic acids is 2. The van der Waals surface area contributed by atoms with Gasteiger partial charge in [0.1, 0.15) is 6.54 Å². The van der Waals surface area contributed by atoms with Crippen LogP contribution in [0.1, 0.15) is 0 Å². The van der Waals surface area contributed by atoms with Crippen LogP contribution in [0.2, 0.25) is 0 Å². The highest BCUT2D eigenvalue weighted by Gasteiger charge is 2.30. The first-order chi connectivity index (χ1) is 8.74. The molecule has 1 N–H and O–H groups in total. The van der Waals surface area contributed by atoms with Gasteiger partial charge >= 0.3 is 6.03 Å². The molecule has 1 aromatic heterocycles. The number of amides is 3. The van der Waals surface area contributed by atoms with E-state index < -0.39 is 6.03 Å². The molecular weight excluding hydrogens is 250 g/mol. The van der Waals surface area contributed by atoms with Crippen LogP contribution < -0.4 is 10.2 Å². The summed E-state index contributed by atoms with van der Waals surface area (Å²) in [7, 11) is 0. The Kier molecular flexibility index (Phi) is 2.56. The van der Waals surface area contributed by atoms with Gasteiger partial charge in [-0.05, 0) is 0 Å². The summed E-state index contributed by atoms with van der Waals surface area (Å²) in [5.74, 6) is -0.295. The zero-order chi connectivity index (χ0) is 12.5. The predicted octanol–water partition coefficient (Wildman–Crippen LogP) is 1.87. The van der Waals surface area contributed by atoms with Crippen molar-refractivity contribution in [2.75, 3.05) is 11.4 Å². The quantitative estimate of drug-likeness (QED) is 0.837. The minimum absolute atomic E-state index is 0.0422. The maximum atomic E-state index is 11.5. The van der Waals surface area contributed by atoms with Crippen molar-refractivity contribution in [3.8, 4) is 11.3 Å². The largest absolute Gasteiger partial charge is 0.330 e. The van der Waals surface area contributed by atoms with Crippen LogP contribution in [0.4, 0.5) is 9.93 Å². The Morgan fingerprint density at radius 2 is 2.00 bits per heavy atom. The second-order valence-corrected chi connectivity index (χ2v) is 4.66. The lowest BCUT2D eigenvalue weighted by molar-refractivity contribution is -0.117. The Morgan fingerprint density at radius 3 is 2.67 bits per heavy atom. The minimum atomic E-state index is -0.408. The number of benzene rings is 1. The monoisotopic (exact) mass is 259 g/mol. The Bertz CT molecular complexity index is 609. The molecule has 0 saturated carbocycles. The van der Waals surface area contributed by atoms with E-state index in [1.807, 2.05) is 35.7 Å². The number of aromatic nitrogens is 1. The summed E-state index contributed by atoms with van der Waals surface area (Å²) in [5, 5.41) is 4.64. The number of thiazole rings is 1. The van der Waals surface area contributed by atoms with E-state index in [-0.39, 0.29) is 12.5 Å². The van der Waals surface area contributed by atoms with Crippen LogP contribution in [0.5, 0.6) is 0 Å². The highest BCUT2D eigenvalue weighted by Crippen LogP contribution is 2.28. The van der Waals surface area contributed by atoms with E-state index >= 15 is 0 Å². The van der Waals surface area contributed by atoms with E-state index in [4.69, 9.17) is 0 Å². The van der Waals surface area contributed by atoms with Gasteiger partial charge in [0.2, 0.25) is 5.91 Å². The average Bonchev–Trinajstić information content (AvgIpc) is 2.97. The molecule has 5 nitrogen and oxygen atoms in total. The number of anilines is 1. The number of imide groups is 1. The van der Waals surface area contributed by atoms with Crippen molar-refractivity contribution >= 4 is 28.4 Å². The summed E-state index contributed by atoms with van der Waals surface area (Å²) in [6.45, 7) is 0.0422. The molecule has 0 aliphatic carbocycles. The standard InChI is InChI=1S/C12H9N3O2S/c16-10-6-15(11(17)14-10)12-13-9(7-18-12)8-4-2-1-3-5-8/h1-5,7H,6H2,(H,14,16,17). The van der Waals surface area contributed by atoms with Gasteiger partial charge in [-0.25, -0.2) is 9.78 Å². The minimum Gasteiger partial charge on any atom is -0.276 e. The molecule has 90 valence electrons. The van der Waals surface area contributed by atoms with Crippen molar-refractivity contribution in [2.45, 2.75) is 0 Å². The van der Waals surface area contributed by atoms with Gasteiger partial charge in [-0.3, -0.25) is 15.0 Å². The van der Waals surface area contributed by atoms with Gasteiger partial charge in [0.05, 0.1) is 5.69 Å². The number of hydrogen-bond acceptors (Lipinski definition) is 4. The second kappa shape index (κ2) is 4.23. The van der Waals surface area contributed by atoms with E-state index in [0.29, 0.717) is 5.13 Å². The Hall–Kier alpha value is -2.21. The number of carbonyl (C=O) groups is 2. The van der Waals surface area contributed by atoms with Gasteiger partial charge in [0, 0.05) is 10.9 Å². The third-order valence-electron chi connectivity index (χ3n) is 2.59. The van der Waals surface area contributed by atoms with Gasteiger partial charge in [0.25, 0.3) is 0 Å². The summed E-state index contributed by atoms with van der Waals surface area (Å²) in [6.07, 6.45) is 0. The molecule has 3 rings (SSSR count). The number of rotatable bonds is 2. The lowest BCUT2D eigenvalue weighted by Gasteiger charge is -2.07. The van der Waals surface area contributed by atoms with E-state index in [2.05, 4.69) is 10.3 Å². The fourth-order valence-corrected chi connectivity index (χ4v) is 2.56. The van der Waals surface area contributed by atoms with Crippen LogP contribution in [0.25, 0.3) is 11.3 Å². The maximum Gasteiger partial charge on any atom is 0.330 e. The van der Waals surface area contributed by atoms with Gasteiger partial charge in [0.15, 0.2) is 5.13 Å². The molecule has 18 heavy (non-hydrogen) atoms. The Morgan fingerprint density at radius 1 is 1.22 bits per heavy atom. The zero-order valence-electron chi connectivity index (χ0n) is 9.29. The smallest absolute Gasteiger partial charge is 0.276 e. The third kappa shape index (κ3) is 1.86. The molecule has 0 radical (unpaired) electrons. The van der Waals surface area contributed by atoms with E-state index in [0.717, 1.165) is 11.3 Å². The molecule has 1 aliphatic rings. The molecule has 6 heteroatoms. The van der Waals surface area contributed by atoms with E-state index in [1.165, 1.54) is 16.2 Å². The molecule has 0 atom stereocenters. The number of urea groups is 1. The molecule has 2 aromatic rings. The molecule has 1 aromatic carbocycles. The molecule has 0 spiro atoms. The lowest BCUT2D eigenvalue weighted by atomic mass is 10.2. The van der Waals surface area contributed by atoms with Gasteiger partial charge in [-0.1, -0.05) is 30.3 Å². The summed E-state index contributed by atoms with van der Waals surface area (Å²) >= 11 is 1.35. The van der Waals surface area contributed by atoms with Crippen molar-refractivity contribution in [2.24, 2.45) is 0 Å². The lowest BCUT2D eigenvalue weighted by Crippen LogP contribution is -2.27. The van der Waals surface area contributed by atoms with Crippen LogP contribution in [0.15, 0.2) is 35.7 Å². The van der Waals surface area contributed by atoms with Crippen LogP contribution in [-0.2, 0) is 4.79 Å². The topological polar surface area (TPSA) is 62.3 Å². The molecule has 2 heterocycles. The molecule has 0 unspecified atom stereocenters. The summed E-state index contributed by atoms with van der Waals surface area (Å²) < 4.78 is 0. The van der Waals surface area contributed by atoms with Crippen molar-refractivity contribution < 1.29 is 9.59 Å². The Balaban J connectivity index is 1.91. The first kappa shape index (κ1) is 10.9. The number of hydrogen-bond donors (Lipinski definition) is 1. The number of nitrogens with one attached hydrogen (secondary N) is 1. The molecule has 0 bridgehead atoms. The predicted molar refractivity (Wildman–Crippen MR) is 68.4 cm³/mol. The number of nitrogens with zero attached hydrogens (tertiary/aromatic N) is 2. The molecular formula is C12H9N3O2S. The maximum absolute atomic E-state index is 11.5. The van der Waals surface area contributed by atoms with Gasteiger partial charge in [-0.15, -0.1) is 11.3 Å². The van der Waals surface area contributed by atoms with Crippen LogP contribution in [0, 0.1) is 0 Å². The van der Waals surface area contributed by atoms with Gasteiger partial charge in [-0.2, -0.15) is 0 Å². The van der Waals surface area contributed by atoms with Crippen molar-refractivity contribution in [1.29, 1.82) is 0 Å². The summed E-state index contributed by atoms with van der Waals surface area (Å²) in [4.78, 5) is 28.3. The molecule has 3 amide bonds. The highest BCUT2D eigenvalue weighted by atomic mass is 32.1. The van der Waals surface area contributed by atoms with Crippen LogP contribution >= 0.6 is 11.3 Å². The normalized spacial score (nSPS) is 15.0. The fourth-order valence-electron chi connectivity index (χ4n) is 1.73. The summed E-state index contributed by atoms with van der Waals surface area (Å²) in [5.41, 5.74) is 1.80. The van der Waals surface area contributed by atoms with Crippen molar-refractivity contribution in [1.82, 2.24) is 10.3 Å². The van der Waals surface area contributed by atoms with Crippen molar-refractivity contribution in [3.05, 3.63) is 35.7 Å². The second-order valence-electron chi connectivity index (χ2n) is 3.82. The zero-order valence-corrected chi connectivity index (χ0v) is 10.1. The van der Waals surface area contributed by atoms with Crippen molar-refractivity contribution in [3.63, 3.8) is 0 Å². The Labute approximate surface area is 107 Å². The van der Waals surface area contributed by atoms with Crippen LogP contribution in [0.3, 0.4) is 0 Å². The van der Waals surface area contributed by atoms with Crippen LogP contribution in [-0.4, -0.2) is 23.5 Å². The molecule has 1 fully saturated rings. The average molecular weight is 259 g/mol. The molecule has 1 aliphatic heterocycles. The highest BCUT2D eigenvalue weighted by molar-refractivity contribution is 7.14. The van der Waals surface area contributed by atoms with E-state index in [1.54, 1.807) is 0 Å². The van der Waals surface area contributed by atoms with E-state index in [9.17, 15) is 9.59 Å². The fraction of sp³-hybridized carbons (Fsp3) is 0.0833. The summed E-state index contributed by atoms with van der Waals surface area (Å²) in [6, 6.07) is 9.29. The molecule has 1 saturated heterocycles. The first-order valence-corrected chi connectivity index (χ1v) is 6.24.